The number of aromatic hydroxyl groups is 1. The summed E-state index contributed by atoms with van der Waals surface area (Å²) in [5.41, 5.74) is 1.60. The maximum Gasteiger partial charge on any atom is 0.411 e. The molecule has 74 valence electrons. The van der Waals surface area contributed by atoms with Gasteiger partial charge >= 0.3 is 6.09 Å². The summed E-state index contributed by atoms with van der Waals surface area (Å²) in [7, 11) is 0. The van der Waals surface area contributed by atoms with Crippen LogP contribution in [-0.2, 0) is 6.42 Å². The lowest BCUT2D eigenvalue weighted by Crippen LogP contribution is -2.33. The third-order valence-electron chi connectivity index (χ3n) is 2.41. The van der Waals surface area contributed by atoms with Crippen LogP contribution in [0.3, 0.4) is 0 Å². The van der Waals surface area contributed by atoms with Crippen molar-refractivity contribution in [2.45, 2.75) is 12.8 Å². The topological polar surface area (TPSA) is 60.8 Å². The molecule has 0 bridgehead atoms. The van der Waals surface area contributed by atoms with Crippen molar-refractivity contribution in [3.8, 4) is 5.75 Å². The number of amides is 1. The largest absolute Gasteiger partial charge is 0.508 e. The summed E-state index contributed by atoms with van der Waals surface area (Å²) in [4.78, 5) is 12.2. The Labute approximate surface area is 81.4 Å². The fourth-order valence-electron chi connectivity index (χ4n) is 1.78. The number of hydrogen-bond donors (Lipinski definition) is 2. The minimum absolute atomic E-state index is 0.191. The van der Waals surface area contributed by atoms with E-state index in [-0.39, 0.29) is 5.75 Å². The molecule has 14 heavy (non-hydrogen) atoms. The van der Waals surface area contributed by atoms with Gasteiger partial charge in [-0.25, -0.2) is 4.79 Å². The van der Waals surface area contributed by atoms with Crippen LogP contribution in [0.4, 0.5) is 10.5 Å². The number of benzene rings is 1. The van der Waals surface area contributed by atoms with Gasteiger partial charge in [0.2, 0.25) is 0 Å². The van der Waals surface area contributed by atoms with E-state index in [0.29, 0.717) is 12.2 Å². The highest BCUT2D eigenvalue weighted by atomic mass is 16.4. The van der Waals surface area contributed by atoms with Gasteiger partial charge in [0.25, 0.3) is 0 Å². The fraction of sp³-hybridized carbons (Fsp3) is 0.300. The zero-order valence-corrected chi connectivity index (χ0v) is 7.60. The molecule has 1 aliphatic rings. The lowest BCUT2D eigenvalue weighted by Gasteiger charge is -2.26. The van der Waals surface area contributed by atoms with Gasteiger partial charge in [0, 0.05) is 6.54 Å². The van der Waals surface area contributed by atoms with Gasteiger partial charge in [-0.05, 0) is 36.6 Å². The highest BCUT2D eigenvalue weighted by Gasteiger charge is 2.21. The van der Waals surface area contributed by atoms with Crippen LogP contribution < -0.4 is 4.90 Å². The molecule has 0 aliphatic carbocycles. The van der Waals surface area contributed by atoms with Gasteiger partial charge in [0.15, 0.2) is 0 Å². The third kappa shape index (κ3) is 1.39. The molecule has 2 rings (SSSR count). The molecule has 1 aromatic rings. The average Bonchev–Trinajstić information content (AvgIpc) is 2.16. The highest BCUT2D eigenvalue weighted by Crippen LogP contribution is 2.29. The molecule has 4 nitrogen and oxygen atoms in total. The number of carboxylic acid groups (broad SMARTS) is 1. The van der Waals surface area contributed by atoms with E-state index in [2.05, 4.69) is 0 Å². The number of carbonyl (C=O) groups is 1. The van der Waals surface area contributed by atoms with E-state index in [1.54, 1.807) is 12.1 Å². The second-order valence-electron chi connectivity index (χ2n) is 3.35. The van der Waals surface area contributed by atoms with Crippen molar-refractivity contribution in [1.29, 1.82) is 0 Å². The Hall–Kier alpha value is -1.71. The quantitative estimate of drug-likeness (QED) is 0.660. The minimum atomic E-state index is -0.934. The van der Waals surface area contributed by atoms with Crippen LogP contribution in [0, 0.1) is 0 Å². The van der Waals surface area contributed by atoms with Crippen LogP contribution in [0.1, 0.15) is 12.0 Å². The molecule has 0 fully saturated rings. The van der Waals surface area contributed by atoms with Gasteiger partial charge in [0.05, 0.1) is 5.69 Å². The summed E-state index contributed by atoms with van der Waals surface area (Å²) >= 11 is 0. The number of hydrogen-bond acceptors (Lipinski definition) is 2. The molecule has 0 radical (unpaired) electrons. The Bertz CT molecular complexity index is 376. The maximum atomic E-state index is 10.9. The first-order valence-corrected chi connectivity index (χ1v) is 4.51. The van der Waals surface area contributed by atoms with E-state index in [4.69, 9.17) is 5.11 Å². The van der Waals surface area contributed by atoms with Crippen LogP contribution in [0.15, 0.2) is 18.2 Å². The second kappa shape index (κ2) is 3.21. The summed E-state index contributed by atoms with van der Waals surface area (Å²) < 4.78 is 0. The predicted molar refractivity (Wildman–Crippen MR) is 51.8 cm³/mol. The third-order valence-corrected chi connectivity index (χ3v) is 2.41. The van der Waals surface area contributed by atoms with Crippen molar-refractivity contribution in [3.05, 3.63) is 23.8 Å². The van der Waals surface area contributed by atoms with Crippen LogP contribution in [0.25, 0.3) is 0 Å². The molecule has 0 unspecified atom stereocenters. The second-order valence-corrected chi connectivity index (χ2v) is 3.35. The lowest BCUT2D eigenvalue weighted by atomic mass is 10.0. The fourth-order valence-corrected chi connectivity index (χ4v) is 1.78. The summed E-state index contributed by atoms with van der Waals surface area (Å²) in [5, 5.41) is 18.2. The minimum Gasteiger partial charge on any atom is -0.508 e. The van der Waals surface area contributed by atoms with E-state index < -0.39 is 6.09 Å². The summed E-state index contributed by atoms with van der Waals surface area (Å²) in [5.74, 6) is 0.191. The zero-order valence-electron chi connectivity index (χ0n) is 7.60. The number of phenols is 1. The lowest BCUT2D eigenvalue weighted by molar-refractivity contribution is 0.201. The first kappa shape index (κ1) is 8.87. The molecule has 1 amide bonds. The molecule has 0 saturated carbocycles. The smallest absolute Gasteiger partial charge is 0.411 e. The number of anilines is 1. The number of aryl methyl sites for hydroxylation is 1. The van der Waals surface area contributed by atoms with Crippen LogP contribution >= 0.6 is 0 Å². The molecule has 0 spiro atoms. The maximum absolute atomic E-state index is 10.9. The monoisotopic (exact) mass is 193 g/mol. The van der Waals surface area contributed by atoms with Crippen molar-refractivity contribution < 1.29 is 15.0 Å². The van der Waals surface area contributed by atoms with E-state index >= 15 is 0 Å². The Kier molecular flexibility index (Phi) is 2.04. The van der Waals surface area contributed by atoms with Gasteiger partial charge in [-0.2, -0.15) is 0 Å². The molecule has 0 atom stereocenters. The Morgan fingerprint density at radius 2 is 2.21 bits per heavy atom. The first-order valence-electron chi connectivity index (χ1n) is 4.51. The molecule has 0 saturated heterocycles. The average molecular weight is 193 g/mol. The van der Waals surface area contributed by atoms with Crippen molar-refractivity contribution in [3.63, 3.8) is 0 Å². The Morgan fingerprint density at radius 1 is 1.43 bits per heavy atom. The van der Waals surface area contributed by atoms with E-state index in [0.717, 1.165) is 18.4 Å². The van der Waals surface area contributed by atoms with E-state index in [1.807, 2.05) is 0 Å². The summed E-state index contributed by atoms with van der Waals surface area (Å²) in [6, 6.07) is 4.79. The highest BCUT2D eigenvalue weighted by molar-refractivity contribution is 5.87. The van der Waals surface area contributed by atoms with Crippen molar-refractivity contribution in [1.82, 2.24) is 0 Å². The van der Waals surface area contributed by atoms with Gasteiger partial charge in [-0.15, -0.1) is 0 Å². The Morgan fingerprint density at radius 3 is 2.93 bits per heavy atom. The molecule has 1 aliphatic heterocycles. The van der Waals surface area contributed by atoms with Crippen molar-refractivity contribution in [2.24, 2.45) is 0 Å². The van der Waals surface area contributed by atoms with Gasteiger partial charge < -0.3 is 10.2 Å². The first-order chi connectivity index (χ1) is 6.68. The van der Waals surface area contributed by atoms with Gasteiger partial charge in [-0.1, -0.05) is 0 Å². The predicted octanol–water partition coefficient (Wildman–Crippen LogP) is 1.82. The summed E-state index contributed by atoms with van der Waals surface area (Å²) in [6.07, 6.45) is 0.702. The zero-order chi connectivity index (χ0) is 10.1. The molecular formula is C10H11NO3. The molecule has 1 heterocycles. The standard InChI is InChI=1S/C10H11NO3/c12-8-3-4-9-7(6-8)2-1-5-11(9)10(13)14/h3-4,6,12H,1-2,5H2,(H,13,14). The van der Waals surface area contributed by atoms with Crippen LogP contribution in [0.2, 0.25) is 0 Å². The van der Waals surface area contributed by atoms with Crippen molar-refractivity contribution in [2.75, 3.05) is 11.4 Å². The van der Waals surface area contributed by atoms with E-state index in [9.17, 15) is 9.90 Å². The molecule has 4 heteroatoms. The van der Waals surface area contributed by atoms with Crippen molar-refractivity contribution >= 4 is 11.8 Å². The SMILES string of the molecule is O=C(O)N1CCCc2cc(O)ccc21. The van der Waals surface area contributed by atoms with Crippen LogP contribution in [-0.4, -0.2) is 22.9 Å². The molecule has 1 aromatic carbocycles. The Balaban J connectivity index is 2.44. The molecular weight excluding hydrogens is 182 g/mol. The number of rotatable bonds is 0. The normalized spacial score (nSPS) is 15.0. The number of nitrogens with zero attached hydrogens (tertiary/aromatic N) is 1. The van der Waals surface area contributed by atoms with Gasteiger partial charge in [-0.3, -0.25) is 4.90 Å². The molecule has 2 N–H and O–H groups in total. The molecule has 0 aromatic heterocycles. The van der Waals surface area contributed by atoms with Crippen LogP contribution in [0.5, 0.6) is 5.75 Å². The van der Waals surface area contributed by atoms with E-state index in [1.165, 1.54) is 11.0 Å². The number of fused-ring (bicyclic) bond motifs is 1. The summed E-state index contributed by atoms with van der Waals surface area (Å²) in [6.45, 7) is 0.535. The van der Waals surface area contributed by atoms with Gasteiger partial charge in [0.1, 0.15) is 5.75 Å². The number of phenolic OH excluding ortho intramolecular Hbond substituents is 1.